The maximum absolute atomic E-state index is 12.7. The lowest BCUT2D eigenvalue weighted by Gasteiger charge is -2.19. The lowest BCUT2D eigenvalue weighted by atomic mass is 10.1. The molecule has 1 aliphatic rings. The van der Waals surface area contributed by atoms with Crippen LogP contribution >= 0.6 is 23.4 Å². The number of carbonyl (C=O) groups is 4. The van der Waals surface area contributed by atoms with Crippen molar-refractivity contribution in [2.24, 2.45) is 0 Å². The number of benzene rings is 1. The summed E-state index contributed by atoms with van der Waals surface area (Å²) < 4.78 is 20.0. The third kappa shape index (κ3) is 5.25. The molecule has 30 heavy (non-hydrogen) atoms. The van der Waals surface area contributed by atoms with Crippen LogP contribution in [0, 0.1) is 0 Å². The van der Waals surface area contributed by atoms with E-state index in [2.05, 4.69) is 4.74 Å². The molecule has 1 saturated heterocycles. The van der Waals surface area contributed by atoms with Crippen molar-refractivity contribution >= 4 is 52.5 Å². The molecule has 2 rings (SSSR count). The van der Waals surface area contributed by atoms with Gasteiger partial charge in [0.25, 0.3) is 11.1 Å². The number of hydrogen-bond donors (Lipinski definition) is 0. The van der Waals surface area contributed by atoms with Crippen LogP contribution in [0.3, 0.4) is 0 Å². The van der Waals surface area contributed by atoms with Crippen molar-refractivity contribution in [2.45, 2.75) is 19.9 Å². The summed E-state index contributed by atoms with van der Waals surface area (Å²) in [6.07, 6.45) is 1.45. The summed E-state index contributed by atoms with van der Waals surface area (Å²) in [4.78, 5) is 49.1. The van der Waals surface area contributed by atoms with Crippen LogP contribution in [0.1, 0.15) is 19.4 Å². The highest BCUT2D eigenvalue weighted by molar-refractivity contribution is 8.18. The summed E-state index contributed by atoms with van der Waals surface area (Å²) in [5.74, 6) is -1.53. The number of amides is 2. The summed E-state index contributed by atoms with van der Waals surface area (Å²) in [5, 5.41) is -0.452. The first-order chi connectivity index (χ1) is 14.2. The summed E-state index contributed by atoms with van der Waals surface area (Å²) in [6.45, 7) is 2.83. The van der Waals surface area contributed by atoms with Crippen molar-refractivity contribution in [3.8, 4) is 11.5 Å². The third-order valence-corrected chi connectivity index (χ3v) is 5.11. The SMILES string of the molecule is CCOC(=O)C(C)N1C(=O)SC(=Cc2cc(Cl)c(OCC(=O)OC)c(OC)c2)C1=O. The zero-order valence-electron chi connectivity index (χ0n) is 16.7. The first kappa shape index (κ1) is 23.6. The molecule has 9 nitrogen and oxygen atoms in total. The molecular weight excluding hydrogens is 438 g/mol. The summed E-state index contributed by atoms with van der Waals surface area (Å²) in [6, 6.07) is 1.97. The monoisotopic (exact) mass is 457 g/mol. The fourth-order valence-corrected chi connectivity index (χ4v) is 3.67. The predicted molar refractivity (Wildman–Crippen MR) is 109 cm³/mol. The first-order valence-electron chi connectivity index (χ1n) is 8.74. The molecule has 2 amide bonds. The number of nitrogens with zero attached hydrogens (tertiary/aromatic N) is 1. The highest BCUT2D eigenvalue weighted by Gasteiger charge is 2.41. The Balaban J connectivity index is 2.29. The first-order valence-corrected chi connectivity index (χ1v) is 9.93. The van der Waals surface area contributed by atoms with E-state index in [4.69, 9.17) is 25.8 Å². The quantitative estimate of drug-likeness (QED) is 0.430. The molecule has 0 aliphatic carbocycles. The van der Waals surface area contributed by atoms with Crippen LogP contribution in [0.4, 0.5) is 4.79 Å². The number of hydrogen-bond acceptors (Lipinski definition) is 9. The Morgan fingerprint density at radius 2 is 1.97 bits per heavy atom. The molecule has 1 aromatic carbocycles. The van der Waals surface area contributed by atoms with Crippen LogP contribution in [-0.4, -0.2) is 61.5 Å². The molecule has 1 aliphatic heterocycles. The van der Waals surface area contributed by atoms with Gasteiger partial charge in [-0.1, -0.05) is 11.6 Å². The number of carbonyl (C=O) groups excluding carboxylic acids is 4. The summed E-state index contributed by atoms with van der Waals surface area (Å²) >= 11 is 6.92. The van der Waals surface area contributed by atoms with Crippen molar-refractivity contribution in [3.05, 3.63) is 27.6 Å². The van der Waals surface area contributed by atoms with Gasteiger partial charge in [-0.2, -0.15) is 0 Å². The van der Waals surface area contributed by atoms with Gasteiger partial charge in [-0.3, -0.25) is 14.5 Å². The molecule has 1 unspecified atom stereocenters. The molecule has 0 aromatic heterocycles. The van der Waals surface area contributed by atoms with Crippen LogP contribution in [0.15, 0.2) is 17.0 Å². The van der Waals surface area contributed by atoms with Gasteiger partial charge in [-0.15, -0.1) is 0 Å². The molecule has 1 fully saturated rings. The lowest BCUT2D eigenvalue weighted by molar-refractivity contribution is -0.150. The van der Waals surface area contributed by atoms with Gasteiger partial charge >= 0.3 is 11.9 Å². The number of imide groups is 1. The van der Waals surface area contributed by atoms with E-state index in [9.17, 15) is 19.2 Å². The molecule has 0 saturated carbocycles. The third-order valence-electron chi connectivity index (χ3n) is 3.95. The lowest BCUT2D eigenvalue weighted by Crippen LogP contribution is -2.42. The van der Waals surface area contributed by atoms with Crippen LogP contribution in [0.5, 0.6) is 11.5 Å². The molecule has 1 aromatic rings. The molecule has 0 spiro atoms. The van der Waals surface area contributed by atoms with E-state index in [1.807, 2.05) is 0 Å². The highest BCUT2D eigenvalue weighted by Crippen LogP contribution is 2.39. The van der Waals surface area contributed by atoms with Crippen molar-refractivity contribution in [1.29, 1.82) is 0 Å². The minimum absolute atomic E-state index is 0.109. The molecule has 0 radical (unpaired) electrons. The fourth-order valence-electron chi connectivity index (χ4n) is 2.49. The maximum atomic E-state index is 12.7. The van der Waals surface area contributed by atoms with Crippen molar-refractivity contribution in [2.75, 3.05) is 27.4 Å². The highest BCUT2D eigenvalue weighted by atomic mass is 35.5. The van der Waals surface area contributed by atoms with E-state index >= 15 is 0 Å². The number of halogens is 1. The minimum atomic E-state index is -1.05. The smallest absolute Gasteiger partial charge is 0.343 e. The molecule has 1 heterocycles. The Labute approximate surface area is 182 Å². The van der Waals surface area contributed by atoms with Crippen LogP contribution in [0.2, 0.25) is 5.02 Å². The van der Waals surface area contributed by atoms with Crippen molar-refractivity contribution in [1.82, 2.24) is 4.90 Å². The Morgan fingerprint density at radius 1 is 1.27 bits per heavy atom. The van der Waals surface area contributed by atoms with Crippen LogP contribution in [0.25, 0.3) is 6.08 Å². The zero-order valence-corrected chi connectivity index (χ0v) is 18.3. The number of thioether (sulfide) groups is 1. The standard InChI is InChI=1S/C19H20ClNO8S/c1-5-28-18(24)10(2)21-17(23)14(30-19(21)25)8-11-6-12(20)16(13(7-11)26-3)29-9-15(22)27-4/h6-8,10H,5,9H2,1-4H3. The largest absolute Gasteiger partial charge is 0.493 e. The van der Waals surface area contributed by atoms with E-state index in [0.29, 0.717) is 17.3 Å². The molecule has 1 atom stereocenters. The van der Waals surface area contributed by atoms with E-state index < -0.39 is 29.1 Å². The van der Waals surface area contributed by atoms with E-state index in [0.717, 1.165) is 4.90 Å². The number of esters is 2. The van der Waals surface area contributed by atoms with E-state index in [1.165, 1.54) is 39.4 Å². The van der Waals surface area contributed by atoms with Crippen molar-refractivity contribution in [3.63, 3.8) is 0 Å². The second-order valence-corrected chi connectivity index (χ2v) is 7.28. The van der Waals surface area contributed by atoms with Gasteiger partial charge in [0.1, 0.15) is 6.04 Å². The molecule has 162 valence electrons. The maximum Gasteiger partial charge on any atom is 0.343 e. The predicted octanol–water partition coefficient (Wildman–Crippen LogP) is 2.89. The average molecular weight is 458 g/mol. The van der Waals surface area contributed by atoms with E-state index in [1.54, 1.807) is 6.92 Å². The molecule has 0 N–H and O–H groups in total. The normalized spacial score (nSPS) is 15.9. The zero-order chi connectivity index (χ0) is 22.4. The second-order valence-electron chi connectivity index (χ2n) is 5.88. The molecule has 0 bridgehead atoms. The molecular formula is C19H20ClNO8S. The van der Waals surface area contributed by atoms with Gasteiger partial charge in [0.05, 0.1) is 30.8 Å². The van der Waals surface area contributed by atoms with Crippen LogP contribution in [-0.2, 0) is 23.9 Å². The molecule has 11 heteroatoms. The van der Waals surface area contributed by atoms with Gasteiger partial charge in [-0.25, -0.2) is 9.59 Å². The number of methoxy groups -OCH3 is 2. The van der Waals surface area contributed by atoms with Gasteiger partial charge < -0.3 is 18.9 Å². The van der Waals surface area contributed by atoms with Gasteiger partial charge in [0.15, 0.2) is 18.1 Å². The van der Waals surface area contributed by atoms with Crippen molar-refractivity contribution < 1.29 is 38.1 Å². The Morgan fingerprint density at radius 3 is 2.57 bits per heavy atom. The summed E-state index contributed by atoms with van der Waals surface area (Å²) in [5.41, 5.74) is 0.455. The summed E-state index contributed by atoms with van der Waals surface area (Å²) in [7, 11) is 2.61. The average Bonchev–Trinajstić information content (AvgIpc) is 2.98. The number of rotatable bonds is 8. The van der Waals surface area contributed by atoms with Crippen LogP contribution < -0.4 is 9.47 Å². The Hall–Kier alpha value is -2.72. The second kappa shape index (κ2) is 10.4. The van der Waals surface area contributed by atoms with Gasteiger partial charge in [0, 0.05) is 0 Å². The van der Waals surface area contributed by atoms with Gasteiger partial charge in [0.2, 0.25) is 0 Å². The number of ether oxygens (including phenoxy) is 4. The Bertz CT molecular complexity index is 901. The van der Waals surface area contributed by atoms with Gasteiger partial charge in [-0.05, 0) is 49.4 Å². The Kier molecular flexibility index (Phi) is 8.13. The van der Waals surface area contributed by atoms with E-state index in [-0.39, 0.29) is 34.6 Å². The topological polar surface area (TPSA) is 108 Å². The minimum Gasteiger partial charge on any atom is -0.493 e. The fraction of sp³-hybridized carbons (Fsp3) is 0.368.